The smallest absolute Gasteiger partial charge is 0.253 e. The molecule has 0 aliphatic carbocycles. The first-order valence-corrected chi connectivity index (χ1v) is 12.8. The van der Waals surface area contributed by atoms with E-state index >= 15 is 0 Å². The van der Waals surface area contributed by atoms with Gasteiger partial charge in [-0.3, -0.25) is 9.69 Å². The van der Waals surface area contributed by atoms with Crippen molar-refractivity contribution in [1.29, 1.82) is 0 Å². The van der Waals surface area contributed by atoms with Crippen LogP contribution in [0.5, 0.6) is 17.2 Å². The summed E-state index contributed by atoms with van der Waals surface area (Å²) in [5.41, 5.74) is 5.48. The van der Waals surface area contributed by atoms with E-state index in [4.69, 9.17) is 14.2 Å². The van der Waals surface area contributed by atoms with Gasteiger partial charge in [-0.1, -0.05) is 0 Å². The van der Waals surface area contributed by atoms with E-state index in [0.29, 0.717) is 0 Å². The summed E-state index contributed by atoms with van der Waals surface area (Å²) in [5, 5.41) is 0. The highest BCUT2D eigenvalue weighted by Gasteiger charge is 2.34. The number of amides is 1. The Kier molecular flexibility index (Phi) is 7.60. The maximum absolute atomic E-state index is 12.8. The van der Waals surface area contributed by atoms with E-state index in [0.717, 1.165) is 81.2 Å². The van der Waals surface area contributed by atoms with Crippen molar-refractivity contribution in [1.82, 2.24) is 9.80 Å². The molecule has 0 radical (unpaired) electrons. The van der Waals surface area contributed by atoms with Crippen LogP contribution in [0.4, 0.5) is 0 Å². The fourth-order valence-corrected chi connectivity index (χ4v) is 5.53. The lowest BCUT2D eigenvalue weighted by Crippen LogP contribution is -2.49. The summed E-state index contributed by atoms with van der Waals surface area (Å²) in [6.45, 7) is 13.1. The molecule has 35 heavy (non-hydrogen) atoms. The fourth-order valence-electron chi connectivity index (χ4n) is 5.53. The van der Waals surface area contributed by atoms with Crippen LogP contribution in [-0.2, 0) is 6.42 Å². The topological polar surface area (TPSA) is 51.2 Å². The molecule has 0 saturated carbocycles. The van der Waals surface area contributed by atoms with Gasteiger partial charge in [0.25, 0.3) is 5.91 Å². The fraction of sp³-hybridized carbons (Fsp3) is 0.552. The Morgan fingerprint density at radius 3 is 2.29 bits per heavy atom. The number of carbonyl (C=O) groups is 1. The Balaban J connectivity index is 1.28. The molecule has 6 nitrogen and oxygen atoms in total. The van der Waals surface area contributed by atoms with E-state index in [2.05, 4.69) is 32.6 Å². The number of hydrogen-bond donors (Lipinski definition) is 0. The monoisotopic (exact) mass is 480 g/mol. The van der Waals surface area contributed by atoms with Gasteiger partial charge in [-0.2, -0.15) is 0 Å². The lowest BCUT2D eigenvalue weighted by molar-refractivity contribution is 0.0455. The number of ether oxygens (including phenoxy) is 3. The average molecular weight is 481 g/mol. The van der Waals surface area contributed by atoms with Gasteiger partial charge in [-0.25, -0.2) is 0 Å². The predicted octanol–water partition coefficient (Wildman–Crippen LogP) is 4.95. The van der Waals surface area contributed by atoms with Gasteiger partial charge in [-0.15, -0.1) is 0 Å². The number of benzene rings is 2. The van der Waals surface area contributed by atoms with Gasteiger partial charge in [0.15, 0.2) is 0 Å². The zero-order valence-corrected chi connectivity index (χ0v) is 22.2. The lowest BCUT2D eigenvalue weighted by atomic mass is 9.85. The summed E-state index contributed by atoms with van der Waals surface area (Å²) in [7, 11) is 3.39. The first-order chi connectivity index (χ1) is 16.8. The zero-order chi connectivity index (χ0) is 25.2. The molecule has 1 saturated heterocycles. The largest absolute Gasteiger partial charge is 0.497 e. The summed E-state index contributed by atoms with van der Waals surface area (Å²) in [5.74, 6) is 2.94. The van der Waals surface area contributed by atoms with Gasteiger partial charge < -0.3 is 19.1 Å². The highest BCUT2D eigenvalue weighted by atomic mass is 16.5. The Bertz CT molecular complexity index is 1060. The van der Waals surface area contributed by atoms with Crippen molar-refractivity contribution in [2.75, 3.05) is 46.9 Å². The van der Waals surface area contributed by atoms with Gasteiger partial charge in [0.05, 0.1) is 14.2 Å². The minimum Gasteiger partial charge on any atom is -0.497 e. The summed E-state index contributed by atoms with van der Waals surface area (Å²) < 4.78 is 17.5. The van der Waals surface area contributed by atoms with Crippen LogP contribution in [0.25, 0.3) is 0 Å². The maximum Gasteiger partial charge on any atom is 0.253 e. The molecule has 2 aliphatic rings. The first-order valence-electron chi connectivity index (χ1n) is 12.8. The van der Waals surface area contributed by atoms with Crippen LogP contribution in [-0.4, -0.2) is 68.3 Å². The lowest BCUT2D eigenvalue weighted by Gasteiger charge is -2.39. The van der Waals surface area contributed by atoms with E-state index in [1.807, 2.05) is 29.2 Å². The molecule has 2 aliphatic heterocycles. The van der Waals surface area contributed by atoms with Crippen LogP contribution in [0.15, 0.2) is 24.3 Å². The standard InChI is InChI=1S/C29H40N2O4/c1-20-21(2)27-25(22(3)26(20)34-6)12-14-29(4,35-27)13-7-15-30-16-18-31(19-17-30)28(32)23-8-10-24(33-5)11-9-23/h8-11H,7,12-19H2,1-6H3. The summed E-state index contributed by atoms with van der Waals surface area (Å²) in [6, 6.07) is 7.38. The van der Waals surface area contributed by atoms with Crippen LogP contribution in [0, 0.1) is 20.8 Å². The van der Waals surface area contributed by atoms with Gasteiger partial charge in [0, 0.05) is 37.3 Å². The molecule has 0 aromatic heterocycles. The van der Waals surface area contributed by atoms with Crippen molar-refractivity contribution >= 4 is 5.91 Å². The minimum atomic E-state index is -0.141. The summed E-state index contributed by atoms with van der Waals surface area (Å²) >= 11 is 0. The quantitative estimate of drug-likeness (QED) is 0.561. The molecule has 2 aromatic carbocycles. The van der Waals surface area contributed by atoms with E-state index in [1.165, 1.54) is 22.3 Å². The Labute approximate surface area is 210 Å². The molecule has 0 spiro atoms. The third kappa shape index (κ3) is 5.27. The molecule has 2 heterocycles. The van der Waals surface area contributed by atoms with E-state index < -0.39 is 0 Å². The minimum absolute atomic E-state index is 0.103. The molecular weight excluding hydrogens is 440 g/mol. The van der Waals surface area contributed by atoms with Crippen molar-refractivity contribution in [2.45, 2.75) is 59.0 Å². The van der Waals surface area contributed by atoms with Gasteiger partial charge >= 0.3 is 0 Å². The molecule has 2 aromatic rings. The number of fused-ring (bicyclic) bond motifs is 1. The van der Waals surface area contributed by atoms with Crippen LogP contribution < -0.4 is 14.2 Å². The normalized spacial score (nSPS) is 20.2. The molecule has 1 amide bonds. The molecular formula is C29H40N2O4. The van der Waals surface area contributed by atoms with Crippen LogP contribution in [0.2, 0.25) is 0 Å². The van der Waals surface area contributed by atoms with E-state index in [9.17, 15) is 4.79 Å². The molecule has 1 fully saturated rings. The number of piperazine rings is 1. The van der Waals surface area contributed by atoms with Gasteiger partial charge in [0.1, 0.15) is 22.8 Å². The molecule has 0 bridgehead atoms. The second kappa shape index (κ2) is 10.5. The van der Waals surface area contributed by atoms with E-state index in [-0.39, 0.29) is 11.5 Å². The summed E-state index contributed by atoms with van der Waals surface area (Å²) in [6.07, 6.45) is 4.17. The van der Waals surface area contributed by atoms with Gasteiger partial charge in [-0.05, 0) is 101 Å². The summed E-state index contributed by atoms with van der Waals surface area (Å²) in [4.78, 5) is 17.3. The number of hydrogen-bond acceptors (Lipinski definition) is 5. The third-order valence-electron chi connectivity index (χ3n) is 7.94. The second-order valence-electron chi connectivity index (χ2n) is 10.2. The van der Waals surface area contributed by atoms with Crippen molar-refractivity contribution in [3.8, 4) is 17.2 Å². The Morgan fingerprint density at radius 1 is 0.971 bits per heavy atom. The number of carbonyl (C=O) groups excluding carboxylic acids is 1. The molecule has 0 N–H and O–H groups in total. The van der Waals surface area contributed by atoms with Crippen LogP contribution >= 0.6 is 0 Å². The highest BCUT2D eigenvalue weighted by Crippen LogP contribution is 2.44. The average Bonchev–Trinajstić information content (AvgIpc) is 2.87. The molecule has 6 heteroatoms. The predicted molar refractivity (Wildman–Crippen MR) is 139 cm³/mol. The van der Waals surface area contributed by atoms with Crippen molar-refractivity contribution < 1.29 is 19.0 Å². The first kappa shape index (κ1) is 25.4. The SMILES string of the molecule is COc1ccc(C(=O)N2CCN(CCCC3(C)CCc4c(C)c(OC)c(C)c(C)c4O3)CC2)cc1. The van der Waals surface area contributed by atoms with E-state index in [1.54, 1.807) is 14.2 Å². The molecule has 1 unspecified atom stereocenters. The number of methoxy groups -OCH3 is 2. The Morgan fingerprint density at radius 2 is 1.66 bits per heavy atom. The third-order valence-corrected chi connectivity index (χ3v) is 7.94. The number of nitrogens with zero attached hydrogens (tertiary/aromatic N) is 2. The van der Waals surface area contributed by atoms with Crippen LogP contribution in [0.3, 0.4) is 0 Å². The van der Waals surface area contributed by atoms with Crippen molar-refractivity contribution in [2.24, 2.45) is 0 Å². The maximum atomic E-state index is 12.8. The Hall–Kier alpha value is -2.73. The van der Waals surface area contributed by atoms with Crippen molar-refractivity contribution in [3.05, 3.63) is 52.1 Å². The highest BCUT2D eigenvalue weighted by molar-refractivity contribution is 5.94. The number of rotatable bonds is 7. The van der Waals surface area contributed by atoms with Crippen LogP contribution in [0.1, 0.15) is 58.8 Å². The van der Waals surface area contributed by atoms with Gasteiger partial charge in [0.2, 0.25) is 0 Å². The molecule has 1 atom stereocenters. The second-order valence-corrected chi connectivity index (χ2v) is 10.2. The molecule has 4 rings (SSSR count). The van der Waals surface area contributed by atoms with Crippen molar-refractivity contribution in [3.63, 3.8) is 0 Å². The zero-order valence-electron chi connectivity index (χ0n) is 22.2. The molecule has 190 valence electrons.